The van der Waals surface area contributed by atoms with Crippen LogP contribution in [0.1, 0.15) is 33.1 Å². The van der Waals surface area contributed by atoms with Crippen LogP contribution in [0.15, 0.2) is 0 Å². The van der Waals surface area contributed by atoms with E-state index in [2.05, 4.69) is 4.90 Å². The Bertz CT molecular complexity index is 210. The molecule has 0 aromatic rings. The third-order valence-electron chi connectivity index (χ3n) is 3.03. The Hall–Kier alpha value is -0.610. The number of piperidine rings is 1. The molecule has 1 fully saturated rings. The van der Waals surface area contributed by atoms with Crippen molar-refractivity contribution in [2.45, 2.75) is 39.2 Å². The van der Waals surface area contributed by atoms with Gasteiger partial charge in [-0.2, -0.15) is 0 Å². The van der Waals surface area contributed by atoms with Gasteiger partial charge in [0.2, 0.25) is 0 Å². The molecule has 1 rings (SSSR count). The molecule has 0 unspecified atom stereocenters. The highest BCUT2D eigenvalue weighted by molar-refractivity contribution is 5.67. The smallest absolute Gasteiger partial charge is 0.303 e. The van der Waals surface area contributed by atoms with Crippen molar-refractivity contribution in [3.63, 3.8) is 0 Å². The average Bonchev–Trinajstić information content (AvgIpc) is 2.19. The molecule has 0 aromatic carbocycles. The van der Waals surface area contributed by atoms with Gasteiger partial charge in [0.25, 0.3) is 0 Å². The lowest BCUT2D eigenvalue weighted by molar-refractivity contribution is -0.138. The third kappa shape index (κ3) is 5.47. The van der Waals surface area contributed by atoms with Crippen LogP contribution in [0.2, 0.25) is 0 Å². The summed E-state index contributed by atoms with van der Waals surface area (Å²) in [5, 5.41) is 8.70. The van der Waals surface area contributed by atoms with E-state index < -0.39 is 5.97 Å². The number of carboxylic acid groups (broad SMARTS) is 1. The third-order valence-corrected chi connectivity index (χ3v) is 3.03. The maximum Gasteiger partial charge on any atom is 0.303 e. The molecule has 1 aliphatic heterocycles. The summed E-state index contributed by atoms with van der Waals surface area (Å²) in [5.74, 6) is -0.290. The molecule has 94 valence electrons. The number of hydrogen-bond donors (Lipinski definition) is 1. The molecule has 1 N–H and O–H groups in total. The maximum atomic E-state index is 10.6. The van der Waals surface area contributed by atoms with E-state index in [-0.39, 0.29) is 0 Å². The molecule has 4 heteroatoms. The van der Waals surface area contributed by atoms with Crippen molar-refractivity contribution in [3.05, 3.63) is 0 Å². The fourth-order valence-electron chi connectivity index (χ4n) is 2.08. The van der Waals surface area contributed by atoms with Crippen LogP contribution in [0.3, 0.4) is 0 Å². The fourth-order valence-corrected chi connectivity index (χ4v) is 2.08. The van der Waals surface area contributed by atoms with E-state index in [1.165, 1.54) is 0 Å². The monoisotopic (exact) mass is 229 g/mol. The van der Waals surface area contributed by atoms with E-state index in [1.54, 1.807) is 0 Å². The maximum absolute atomic E-state index is 10.6. The van der Waals surface area contributed by atoms with E-state index in [1.807, 2.05) is 13.8 Å². The zero-order chi connectivity index (χ0) is 12.0. The Morgan fingerprint density at radius 1 is 1.44 bits per heavy atom. The van der Waals surface area contributed by atoms with Crippen LogP contribution in [0.5, 0.6) is 0 Å². The van der Waals surface area contributed by atoms with Crippen molar-refractivity contribution < 1.29 is 14.6 Å². The van der Waals surface area contributed by atoms with E-state index in [0.29, 0.717) is 18.4 Å². The van der Waals surface area contributed by atoms with Gasteiger partial charge >= 0.3 is 5.97 Å². The van der Waals surface area contributed by atoms with Gasteiger partial charge in [-0.15, -0.1) is 0 Å². The van der Waals surface area contributed by atoms with Gasteiger partial charge in [0, 0.05) is 13.0 Å². The zero-order valence-electron chi connectivity index (χ0n) is 10.3. The largest absolute Gasteiger partial charge is 0.481 e. The minimum Gasteiger partial charge on any atom is -0.481 e. The number of carboxylic acids is 1. The summed E-state index contributed by atoms with van der Waals surface area (Å²) in [7, 11) is 0. The molecule has 0 aliphatic carbocycles. The van der Waals surface area contributed by atoms with E-state index in [0.717, 1.165) is 39.1 Å². The van der Waals surface area contributed by atoms with Gasteiger partial charge in [-0.25, -0.2) is 0 Å². The lowest BCUT2D eigenvalue weighted by Crippen LogP contribution is -2.36. The van der Waals surface area contributed by atoms with Crippen molar-refractivity contribution >= 4 is 5.97 Å². The van der Waals surface area contributed by atoms with E-state index in [9.17, 15) is 4.79 Å². The topological polar surface area (TPSA) is 49.8 Å². The minimum absolute atomic E-state index is 0.296. The number of rotatable bonds is 6. The Kier molecular flexibility index (Phi) is 5.77. The molecule has 16 heavy (non-hydrogen) atoms. The van der Waals surface area contributed by atoms with Gasteiger partial charge in [0.05, 0.1) is 12.7 Å². The summed E-state index contributed by atoms with van der Waals surface area (Å²) in [4.78, 5) is 12.9. The summed E-state index contributed by atoms with van der Waals surface area (Å²) >= 11 is 0. The first-order valence-corrected chi connectivity index (χ1v) is 6.13. The molecule has 4 nitrogen and oxygen atoms in total. The molecular formula is C12H23NO3. The van der Waals surface area contributed by atoms with Crippen LogP contribution < -0.4 is 0 Å². The Balaban J connectivity index is 2.10. The lowest BCUT2D eigenvalue weighted by atomic mass is 9.94. The summed E-state index contributed by atoms with van der Waals surface area (Å²) in [5.41, 5.74) is 0. The molecule has 0 atom stereocenters. The van der Waals surface area contributed by atoms with Gasteiger partial charge in [-0.1, -0.05) is 0 Å². The second-order valence-electron chi connectivity index (χ2n) is 4.80. The SMILES string of the molecule is CC(C)OCCN1CCC(CC(=O)O)CC1. The second kappa shape index (κ2) is 6.86. The number of likely N-dealkylation sites (tertiary alicyclic amines) is 1. The van der Waals surface area contributed by atoms with Crippen LogP contribution in [0.25, 0.3) is 0 Å². The first-order chi connectivity index (χ1) is 7.58. The average molecular weight is 229 g/mol. The number of ether oxygens (including phenoxy) is 1. The Labute approximate surface area is 97.6 Å². The van der Waals surface area contributed by atoms with E-state index in [4.69, 9.17) is 9.84 Å². The number of aliphatic carboxylic acids is 1. The standard InChI is InChI=1S/C12H23NO3/c1-10(2)16-8-7-13-5-3-11(4-6-13)9-12(14)15/h10-11H,3-9H2,1-2H3,(H,14,15). The summed E-state index contributed by atoms with van der Waals surface area (Å²) in [6.07, 6.45) is 2.64. The molecule has 1 aliphatic rings. The lowest BCUT2D eigenvalue weighted by Gasteiger charge is -2.31. The molecule has 0 radical (unpaired) electrons. The summed E-state index contributed by atoms with van der Waals surface area (Å²) < 4.78 is 5.50. The van der Waals surface area contributed by atoms with Crippen molar-refractivity contribution in [2.24, 2.45) is 5.92 Å². The van der Waals surface area contributed by atoms with Crippen LogP contribution in [0, 0.1) is 5.92 Å². The van der Waals surface area contributed by atoms with Crippen molar-refractivity contribution in [1.29, 1.82) is 0 Å². The highest BCUT2D eigenvalue weighted by atomic mass is 16.5. The molecule has 0 saturated carbocycles. The Morgan fingerprint density at radius 2 is 2.06 bits per heavy atom. The second-order valence-corrected chi connectivity index (χ2v) is 4.80. The number of hydrogen-bond acceptors (Lipinski definition) is 3. The summed E-state index contributed by atoms with van der Waals surface area (Å²) in [6.45, 7) is 7.86. The normalized spacial score (nSPS) is 19.2. The molecule has 1 heterocycles. The van der Waals surface area contributed by atoms with E-state index >= 15 is 0 Å². The highest BCUT2D eigenvalue weighted by Crippen LogP contribution is 2.19. The minimum atomic E-state index is -0.665. The summed E-state index contributed by atoms with van der Waals surface area (Å²) in [6, 6.07) is 0. The van der Waals surface area contributed by atoms with Crippen molar-refractivity contribution in [1.82, 2.24) is 4.90 Å². The Morgan fingerprint density at radius 3 is 2.56 bits per heavy atom. The number of carbonyl (C=O) groups is 1. The molecular weight excluding hydrogens is 206 g/mol. The van der Waals surface area contributed by atoms with Crippen LogP contribution in [-0.4, -0.2) is 48.3 Å². The molecule has 0 aromatic heterocycles. The predicted molar refractivity (Wildman–Crippen MR) is 62.5 cm³/mol. The van der Waals surface area contributed by atoms with Gasteiger partial charge in [-0.3, -0.25) is 4.79 Å². The first kappa shape index (κ1) is 13.5. The van der Waals surface area contributed by atoms with Crippen LogP contribution >= 0.6 is 0 Å². The molecule has 1 saturated heterocycles. The van der Waals surface area contributed by atoms with Gasteiger partial charge in [-0.05, 0) is 45.7 Å². The molecule has 0 bridgehead atoms. The predicted octanol–water partition coefficient (Wildman–Crippen LogP) is 1.60. The highest BCUT2D eigenvalue weighted by Gasteiger charge is 2.20. The van der Waals surface area contributed by atoms with Crippen LogP contribution in [-0.2, 0) is 9.53 Å². The van der Waals surface area contributed by atoms with Gasteiger partial charge in [0.1, 0.15) is 0 Å². The van der Waals surface area contributed by atoms with Crippen LogP contribution in [0.4, 0.5) is 0 Å². The quantitative estimate of drug-likeness (QED) is 0.751. The molecule has 0 spiro atoms. The fraction of sp³-hybridized carbons (Fsp3) is 0.917. The van der Waals surface area contributed by atoms with Gasteiger partial charge < -0.3 is 14.7 Å². The zero-order valence-corrected chi connectivity index (χ0v) is 10.3. The first-order valence-electron chi connectivity index (χ1n) is 6.13. The van der Waals surface area contributed by atoms with Gasteiger partial charge in [0.15, 0.2) is 0 Å². The molecule has 0 amide bonds. The number of nitrogens with zero attached hydrogens (tertiary/aromatic N) is 1. The van der Waals surface area contributed by atoms with Crippen molar-refractivity contribution in [3.8, 4) is 0 Å². The van der Waals surface area contributed by atoms with Crippen molar-refractivity contribution in [2.75, 3.05) is 26.2 Å².